The molecule has 0 aliphatic rings. The van der Waals surface area contributed by atoms with Crippen molar-refractivity contribution in [3.05, 3.63) is 42.0 Å². The average Bonchev–Trinajstić information content (AvgIpc) is 2.15. The van der Waals surface area contributed by atoms with Gasteiger partial charge in [-0.25, -0.2) is 4.79 Å². The van der Waals surface area contributed by atoms with Crippen molar-refractivity contribution >= 4 is 5.97 Å². The molecular formula is C10H11NO3. The molecule has 1 rings (SSSR count). The van der Waals surface area contributed by atoms with E-state index in [1.807, 2.05) is 0 Å². The minimum Gasteiger partial charge on any atom is -0.507 e. The Labute approximate surface area is 81.3 Å². The molecule has 4 N–H and O–H groups in total. The van der Waals surface area contributed by atoms with Gasteiger partial charge < -0.3 is 15.9 Å². The van der Waals surface area contributed by atoms with Gasteiger partial charge in [-0.3, -0.25) is 0 Å². The molecule has 0 radical (unpaired) electrons. The van der Waals surface area contributed by atoms with Crippen molar-refractivity contribution in [1.82, 2.24) is 0 Å². The van der Waals surface area contributed by atoms with Crippen molar-refractivity contribution in [1.29, 1.82) is 0 Å². The van der Waals surface area contributed by atoms with Crippen molar-refractivity contribution in [2.45, 2.75) is 6.04 Å². The molecule has 4 nitrogen and oxygen atoms in total. The Morgan fingerprint density at radius 1 is 1.57 bits per heavy atom. The van der Waals surface area contributed by atoms with Crippen LogP contribution in [0.2, 0.25) is 0 Å². The van der Waals surface area contributed by atoms with Crippen LogP contribution in [-0.4, -0.2) is 16.2 Å². The number of carbonyl (C=O) groups is 1. The maximum atomic E-state index is 10.6. The highest BCUT2D eigenvalue weighted by Gasteiger charge is 2.11. The van der Waals surface area contributed by atoms with Crippen LogP contribution in [-0.2, 0) is 0 Å². The van der Waals surface area contributed by atoms with Crippen molar-refractivity contribution < 1.29 is 15.0 Å². The Kier molecular flexibility index (Phi) is 2.89. The highest BCUT2D eigenvalue weighted by Crippen LogP contribution is 2.22. The lowest BCUT2D eigenvalue weighted by Crippen LogP contribution is -2.07. The van der Waals surface area contributed by atoms with Gasteiger partial charge in [-0.15, -0.1) is 6.58 Å². The fourth-order valence-electron chi connectivity index (χ4n) is 1.07. The van der Waals surface area contributed by atoms with E-state index in [1.54, 1.807) is 6.07 Å². The van der Waals surface area contributed by atoms with Gasteiger partial charge in [0, 0.05) is 6.04 Å². The van der Waals surface area contributed by atoms with Crippen LogP contribution >= 0.6 is 0 Å². The molecule has 14 heavy (non-hydrogen) atoms. The number of aromatic carboxylic acids is 1. The zero-order valence-corrected chi connectivity index (χ0v) is 7.47. The second-order valence-electron chi connectivity index (χ2n) is 2.84. The summed E-state index contributed by atoms with van der Waals surface area (Å²) in [5.41, 5.74) is 6.11. The van der Waals surface area contributed by atoms with Crippen LogP contribution in [0.4, 0.5) is 0 Å². The molecule has 0 spiro atoms. The molecule has 1 aromatic carbocycles. The fourth-order valence-corrected chi connectivity index (χ4v) is 1.07. The minimum absolute atomic E-state index is 0.134. The first kappa shape index (κ1) is 10.3. The van der Waals surface area contributed by atoms with Crippen molar-refractivity contribution in [2.75, 3.05) is 0 Å². The molecule has 0 aliphatic carbocycles. The minimum atomic E-state index is -1.17. The SMILES string of the molecule is C=C[C@H](N)c1ccc(C(=O)O)c(O)c1. The molecule has 1 aromatic rings. The number of rotatable bonds is 3. The van der Waals surface area contributed by atoms with E-state index in [0.29, 0.717) is 5.56 Å². The average molecular weight is 193 g/mol. The van der Waals surface area contributed by atoms with Gasteiger partial charge in [0.05, 0.1) is 0 Å². The highest BCUT2D eigenvalue weighted by atomic mass is 16.4. The highest BCUT2D eigenvalue weighted by molar-refractivity contribution is 5.90. The molecule has 0 bridgehead atoms. The zero-order chi connectivity index (χ0) is 10.7. The zero-order valence-electron chi connectivity index (χ0n) is 7.47. The number of benzene rings is 1. The third kappa shape index (κ3) is 1.92. The van der Waals surface area contributed by atoms with E-state index in [1.165, 1.54) is 18.2 Å². The summed E-state index contributed by atoms with van der Waals surface area (Å²) >= 11 is 0. The third-order valence-electron chi connectivity index (χ3n) is 1.89. The Morgan fingerprint density at radius 3 is 2.64 bits per heavy atom. The molecule has 4 heteroatoms. The summed E-state index contributed by atoms with van der Waals surface area (Å²) in [6.07, 6.45) is 1.51. The fraction of sp³-hybridized carbons (Fsp3) is 0.100. The molecule has 0 amide bonds. The molecular weight excluding hydrogens is 182 g/mol. The number of phenols is 1. The van der Waals surface area contributed by atoms with Crippen molar-refractivity contribution in [3.63, 3.8) is 0 Å². The summed E-state index contributed by atoms with van der Waals surface area (Å²) in [5.74, 6) is -1.45. The van der Waals surface area contributed by atoms with E-state index < -0.39 is 12.0 Å². The molecule has 0 aliphatic heterocycles. The third-order valence-corrected chi connectivity index (χ3v) is 1.89. The van der Waals surface area contributed by atoms with Gasteiger partial charge >= 0.3 is 5.97 Å². The van der Waals surface area contributed by atoms with Gasteiger partial charge in [-0.1, -0.05) is 12.1 Å². The smallest absolute Gasteiger partial charge is 0.339 e. The molecule has 1 atom stereocenters. The van der Waals surface area contributed by atoms with Crippen LogP contribution in [0.3, 0.4) is 0 Å². The lowest BCUT2D eigenvalue weighted by atomic mass is 10.0. The molecule has 0 saturated heterocycles. The molecule has 0 unspecified atom stereocenters. The second-order valence-corrected chi connectivity index (χ2v) is 2.84. The van der Waals surface area contributed by atoms with Crippen molar-refractivity contribution in [3.8, 4) is 5.75 Å². The maximum Gasteiger partial charge on any atom is 0.339 e. The Bertz CT molecular complexity index is 374. The van der Waals surface area contributed by atoms with E-state index in [2.05, 4.69) is 6.58 Å². The lowest BCUT2D eigenvalue weighted by molar-refractivity contribution is 0.0693. The van der Waals surface area contributed by atoms with E-state index in [4.69, 9.17) is 10.8 Å². The second kappa shape index (κ2) is 3.93. The van der Waals surface area contributed by atoms with Gasteiger partial charge in [0.15, 0.2) is 0 Å². The van der Waals surface area contributed by atoms with Crippen LogP contribution in [0, 0.1) is 0 Å². The topological polar surface area (TPSA) is 83.6 Å². The Balaban J connectivity index is 3.12. The first-order chi connectivity index (χ1) is 6.56. The lowest BCUT2D eigenvalue weighted by Gasteiger charge is -2.07. The van der Waals surface area contributed by atoms with Gasteiger partial charge in [-0.05, 0) is 17.7 Å². The Morgan fingerprint density at radius 2 is 2.21 bits per heavy atom. The largest absolute Gasteiger partial charge is 0.507 e. The predicted octanol–water partition coefficient (Wildman–Crippen LogP) is 1.28. The van der Waals surface area contributed by atoms with E-state index in [9.17, 15) is 9.90 Å². The van der Waals surface area contributed by atoms with E-state index >= 15 is 0 Å². The summed E-state index contributed by atoms with van der Waals surface area (Å²) in [6, 6.07) is 3.80. The summed E-state index contributed by atoms with van der Waals surface area (Å²) in [5, 5.41) is 18.0. The summed E-state index contributed by atoms with van der Waals surface area (Å²) in [7, 11) is 0. The van der Waals surface area contributed by atoms with Crippen LogP contribution in [0.5, 0.6) is 5.75 Å². The van der Waals surface area contributed by atoms with Gasteiger partial charge in [0.25, 0.3) is 0 Å². The quantitative estimate of drug-likeness (QED) is 0.631. The first-order valence-corrected chi connectivity index (χ1v) is 4.00. The van der Waals surface area contributed by atoms with Gasteiger partial charge in [0.2, 0.25) is 0 Å². The summed E-state index contributed by atoms with van der Waals surface area (Å²) in [6.45, 7) is 3.50. The molecule has 0 fully saturated rings. The predicted molar refractivity (Wildman–Crippen MR) is 52.2 cm³/mol. The first-order valence-electron chi connectivity index (χ1n) is 4.00. The van der Waals surface area contributed by atoms with Gasteiger partial charge in [0.1, 0.15) is 11.3 Å². The molecule has 0 heterocycles. The van der Waals surface area contributed by atoms with Crippen LogP contribution in [0.15, 0.2) is 30.9 Å². The number of aromatic hydroxyl groups is 1. The number of hydrogen-bond donors (Lipinski definition) is 3. The van der Waals surface area contributed by atoms with Crippen LogP contribution in [0.25, 0.3) is 0 Å². The normalized spacial score (nSPS) is 12.1. The monoisotopic (exact) mass is 193 g/mol. The van der Waals surface area contributed by atoms with E-state index in [-0.39, 0.29) is 11.3 Å². The number of hydrogen-bond acceptors (Lipinski definition) is 3. The van der Waals surface area contributed by atoms with Crippen LogP contribution in [0.1, 0.15) is 22.0 Å². The van der Waals surface area contributed by atoms with Gasteiger partial charge in [-0.2, -0.15) is 0 Å². The maximum absolute atomic E-state index is 10.6. The molecule has 0 aromatic heterocycles. The standard InChI is InChI=1S/C10H11NO3/c1-2-8(11)6-3-4-7(10(13)14)9(12)5-6/h2-5,8,12H,1,11H2,(H,13,14)/t8-/m0/s1. The number of carboxylic acids is 1. The summed E-state index contributed by atoms with van der Waals surface area (Å²) < 4.78 is 0. The Hall–Kier alpha value is -1.81. The van der Waals surface area contributed by atoms with E-state index in [0.717, 1.165) is 0 Å². The molecule has 0 saturated carbocycles. The number of nitrogens with two attached hydrogens (primary N) is 1. The molecule has 74 valence electrons. The van der Waals surface area contributed by atoms with Crippen LogP contribution < -0.4 is 5.73 Å². The summed E-state index contributed by atoms with van der Waals surface area (Å²) in [4.78, 5) is 10.6. The van der Waals surface area contributed by atoms with Crippen molar-refractivity contribution in [2.24, 2.45) is 5.73 Å². The number of carboxylic acid groups (broad SMARTS) is 1.